The second-order valence-corrected chi connectivity index (χ2v) is 9.36. The Morgan fingerprint density at radius 2 is 1.89 bits per heavy atom. The maximum atomic E-state index is 12.9. The fraction of sp³-hybridized carbons (Fsp3) is 0.444. The molecule has 0 spiro atoms. The van der Waals surface area contributed by atoms with Crippen molar-refractivity contribution < 1.29 is 12.9 Å². The highest BCUT2D eigenvalue weighted by atomic mass is 35.5. The highest BCUT2D eigenvalue weighted by Gasteiger charge is 2.33. The predicted octanol–water partition coefficient (Wildman–Crippen LogP) is 2.34. The number of hydrogen-bond donors (Lipinski definition) is 0. The van der Waals surface area contributed by atoms with Crippen molar-refractivity contribution >= 4 is 32.7 Å². The van der Waals surface area contributed by atoms with Crippen LogP contribution in [0.4, 0.5) is 0 Å². The molecule has 0 radical (unpaired) electrons. The number of aromatic nitrogens is 3. The van der Waals surface area contributed by atoms with Gasteiger partial charge in [0.1, 0.15) is 16.4 Å². The zero-order valence-electron chi connectivity index (χ0n) is 16.0. The summed E-state index contributed by atoms with van der Waals surface area (Å²) in [6.07, 6.45) is 0. The third-order valence-corrected chi connectivity index (χ3v) is 7.58. The van der Waals surface area contributed by atoms with Crippen LogP contribution in [0.1, 0.15) is 17.3 Å². The van der Waals surface area contributed by atoms with E-state index >= 15 is 0 Å². The van der Waals surface area contributed by atoms with Gasteiger partial charge < -0.3 is 9.09 Å². The Morgan fingerprint density at radius 3 is 2.54 bits per heavy atom. The molecule has 10 heteroatoms. The van der Waals surface area contributed by atoms with E-state index in [1.54, 1.807) is 13.8 Å². The lowest BCUT2D eigenvalue weighted by Crippen LogP contribution is -2.48. The molecule has 3 heterocycles. The molecule has 0 atom stereocenters. The van der Waals surface area contributed by atoms with Crippen LogP contribution in [0.5, 0.6) is 0 Å². The summed E-state index contributed by atoms with van der Waals surface area (Å²) in [7, 11) is -1.61. The van der Waals surface area contributed by atoms with Crippen LogP contribution in [0.2, 0.25) is 5.02 Å². The van der Waals surface area contributed by atoms with E-state index in [2.05, 4.69) is 19.6 Å². The summed E-state index contributed by atoms with van der Waals surface area (Å²) in [5.74, 6) is 1.26. The fourth-order valence-corrected chi connectivity index (χ4v) is 5.54. The van der Waals surface area contributed by atoms with Crippen molar-refractivity contribution in [1.82, 2.24) is 23.9 Å². The summed E-state index contributed by atoms with van der Waals surface area (Å²) < 4.78 is 34.5. The van der Waals surface area contributed by atoms with Gasteiger partial charge in [0.15, 0.2) is 5.76 Å². The number of aryl methyl sites for hydroxylation is 3. The number of sulfonamides is 1. The maximum Gasteiger partial charge on any atom is 0.248 e. The molecule has 0 saturated carbocycles. The summed E-state index contributed by atoms with van der Waals surface area (Å²) >= 11 is 6.06. The Kier molecular flexibility index (Phi) is 4.95. The molecule has 1 aliphatic rings. The van der Waals surface area contributed by atoms with Gasteiger partial charge in [0, 0.05) is 38.2 Å². The highest BCUT2D eigenvalue weighted by molar-refractivity contribution is 7.89. The van der Waals surface area contributed by atoms with Crippen molar-refractivity contribution in [2.45, 2.75) is 25.3 Å². The minimum absolute atomic E-state index is 0.188. The van der Waals surface area contributed by atoms with Crippen LogP contribution >= 0.6 is 11.6 Å². The molecule has 0 unspecified atom stereocenters. The van der Waals surface area contributed by atoms with Gasteiger partial charge in [-0.15, -0.1) is 0 Å². The Labute approximate surface area is 168 Å². The lowest BCUT2D eigenvalue weighted by atomic mass is 10.3. The van der Waals surface area contributed by atoms with Gasteiger partial charge in [0.25, 0.3) is 0 Å². The number of fused-ring (bicyclic) bond motifs is 1. The fourth-order valence-electron chi connectivity index (χ4n) is 3.66. The Morgan fingerprint density at radius 1 is 1.18 bits per heavy atom. The highest BCUT2D eigenvalue weighted by Crippen LogP contribution is 2.25. The maximum absolute atomic E-state index is 12.9. The van der Waals surface area contributed by atoms with Crippen molar-refractivity contribution in [3.63, 3.8) is 0 Å². The molecule has 0 bridgehead atoms. The molecule has 2 aromatic heterocycles. The molecule has 0 N–H and O–H groups in total. The molecular formula is C18H22ClN5O3S. The zero-order chi connectivity index (χ0) is 20.1. The number of nitrogens with zero attached hydrogens (tertiary/aromatic N) is 5. The Balaban J connectivity index is 1.47. The second kappa shape index (κ2) is 7.14. The smallest absolute Gasteiger partial charge is 0.248 e. The summed E-state index contributed by atoms with van der Waals surface area (Å²) in [6.45, 7) is 6.03. The molecule has 28 heavy (non-hydrogen) atoms. The minimum atomic E-state index is -3.59. The summed E-state index contributed by atoms with van der Waals surface area (Å²) in [4.78, 5) is 7.08. The van der Waals surface area contributed by atoms with Gasteiger partial charge >= 0.3 is 0 Å². The van der Waals surface area contributed by atoms with Crippen LogP contribution in [0, 0.1) is 13.8 Å². The first-order valence-electron chi connectivity index (χ1n) is 9.03. The van der Waals surface area contributed by atoms with Crippen LogP contribution < -0.4 is 0 Å². The van der Waals surface area contributed by atoms with E-state index < -0.39 is 10.0 Å². The molecule has 0 aliphatic carbocycles. The van der Waals surface area contributed by atoms with Crippen LogP contribution in [0.15, 0.2) is 27.6 Å². The molecule has 1 fully saturated rings. The topological polar surface area (TPSA) is 84.5 Å². The van der Waals surface area contributed by atoms with Crippen molar-refractivity contribution in [2.24, 2.45) is 7.05 Å². The summed E-state index contributed by atoms with van der Waals surface area (Å²) in [5, 5.41) is 4.44. The van der Waals surface area contributed by atoms with E-state index in [1.807, 2.05) is 25.2 Å². The van der Waals surface area contributed by atoms with Crippen LogP contribution in [-0.4, -0.2) is 58.5 Å². The summed E-state index contributed by atoms with van der Waals surface area (Å²) in [5.41, 5.74) is 2.29. The first-order valence-corrected chi connectivity index (χ1v) is 10.9. The normalized spacial score (nSPS) is 16.9. The van der Waals surface area contributed by atoms with E-state index in [0.29, 0.717) is 49.2 Å². The minimum Gasteiger partial charge on any atom is -0.360 e. The molecule has 1 aliphatic heterocycles. The second-order valence-electron chi connectivity index (χ2n) is 7.05. The first kappa shape index (κ1) is 19.4. The summed E-state index contributed by atoms with van der Waals surface area (Å²) in [6, 6.07) is 5.67. The number of piperazine rings is 1. The molecule has 3 aromatic rings. The first-order chi connectivity index (χ1) is 13.3. The van der Waals surface area contributed by atoms with Gasteiger partial charge in [0.2, 0.25) is 10.0 Å². The van der Waals surface area contributed by atoms with Crippen LogP contribution in [0.3, 0.4) is 0 Å². The third kappa shape index (κ3) is 3.32. The van der Waals surface area contributed by atoms with Gasteiger partial charge in [0.05, 0.1) is 17.6 Å². The van der Waals surface area contributed by atoms with Crippen molar-refractivity contribution in [2.75, 3.05) is 26.2 Å². The average molecular weight is 424 g/mol. The average Bonchev–Trinajstić information content (AvgIpc) is 3.14. The standard InChI is InChI=1S/C18H22ClN5O3S/c1-12-18(13(2)27-21-12)28(25,26)24-8-6-23(7-9-24)11-17-20-15-10-14(19)4-5-16(15)22(17)3/h4-5,10H,6-9,11H2,1-3H3. The zero-order valence-corrected chi connectivity index (χ0v) is 17.6. The molecule has 8 nitrogen and oxygen atoms in total. The Bertz CT molecular complexity index is 1110. The van der Waals surface area contributed by atoms with Crippen LogP contribution in [-0.2, 0) is 23.6 Å². The van der Waals surface area contributed by atoms with E-state index in [4.69, 9.17) is 16.1 Å². The third-order valence-electron chi connectivity index (χ3n) is 5.20. The lowest BCUT2D eigenvalue weighted by molar-refractivity contribution is 0.177. The molecule has 1 aromatic carbocycles. The predicted molar refractivity (Wildman–Crippen MR) is 106 cm³/mol. The molecular weight excluding hydrogens is 402 g/mol. The van der Waals surface area contributed by atoms with E-state index in [9.17, 15) is 8.42 Å². The van der Waals surface area contributed by atoms with Gasteiger partial charge in [-0.25, -0.2) is 13.4 Å². The van der Waals surface area contributed by atoms with Crippen molar-refractivity contribution in [1.29, 1.82) is 0 Å². The SMILES string of the molecule is Cc1noc(C)c1S(=O)(=O)N1CCN(Cc2nc3cc(Cl)ccc3n2C)CC1. The molecule has 150 valence electrons. The van der Waals surface area contributed by atoms with Gasteiger partial charge in [-0.3, -0.25) is 4.90 Å². The molecule has 0 amide bonds. The number of benzene rings is 1. The number of imidazole rings is 1. The number of halogens is 1. The monoisotopic (exact) mass is 423 g/mol. The quantitative estimate of drug-likeness (QED) is 0.640. The lowest BCUT2D eigenvalue weighted by Gasteiger charge is -2.33. The van der Waals surface area contributed by atoms with Crippen LogP contribution in [0.25, 0.3) is 11.0 Å². The van der Waals surface area contributed by atoms with E-state index in [0.717, 1.165) is 16.9 Å². The van der Waals surface area contributed by atoms with Crippen molar-refractivity contribution in [3.05, 3.63) is 40.5 Å². The van der Waals surface area contributed by atoms with Crippen molar-refractivity contribution in [3.8, 4) is 0 Å². The van der Waals surface area contributed by atoms with Gasteiger partial charge in [-0.2, -0.15) is 4.31 Å². The molecule has 1 saturated heterocycles. The van der Waals surface area contributed by atoms with Gasteiger partial charge in [-0.05, 0) is 32.0 Å². The van der Waals surface area contributed by atoms with E-state index in [-0.39, 0.29) is 4.90 Å². The largest absolute Gasteiger partial charge is 0.360 e. The number of hydrogen-bond acceptors (Lipinski definition) is 6. The number of rotatable bonds is 4. The Hall–Kier alpha value is -1.94. The molecule has 4 rings (SSSR count). The van der Waals surface area contributed by atoms with Gasteiger partial charge in [-0.1, -0.05) is 16.8 Å². The van der Waals surface area contributed by atoms with E-state index in [1.165, 1.54) is 4.31 Å².